The summed E-state index contributed by atoms with van der Waals surface area (Å²) in [4.78, 5) is 36.8. The molecule has 1 unspecified atom stereocenters. The maximum Gasteiger partial charge on any atom is 0.269 e. The molecule has 0 radical (unpaired) electrons. The molecule has 1 atom stereocenters. The summed E-state index contributed by atoms with van der Waals surface area (Å²) in [5.41, 5.74) is 2.62. The fraction of sp³-hybridized carbons (Fsp3) is 0.455. The maximum absolute atomic E-state index is 15.0. The van der Waals surface area contributed by atoms with E-state index in [-0.39, 0.29) is 23.4 Å². The van der Waals surface area contributed by atoms with Crippen molar-refractivity contribution in [3.8, 4) is 5.88 Å². The number of anilines is 2. The second-order valence-electron chi connectivity index (χ2n) is 7.92. The number of hydrogen-bond acceptors (Lipinski definition) is 7. The largest absolute Gasteiger partial charge is 0.463 e. The van der Waals surface area contributed by atoms with Crippen molar-refractivity contribution in [3.63, 3.8) is 0 Å². The number of hydrogen-bond donors (Lipinski definition) is 2. The normalized spacial score (nSPS) is 18.6. The van der Waals surface area contributed by atoms with Gasteiger partial charge in [-0.2, -0.15) is 0 Å². The van der Waals surface area contributed by atoms with E-state index in [1.807, 2.05) is 19.9 Å². The molecule has 2 amide bonds. The average molecular weight is 442 g/mol. The zero-order valence-electron chi connectivity index (χ0n) is 18.4. The number of aryl methyl sites for hydroxylation is 1. The molecule has 0 bridgehead atoms. The van der Waals surface area contributed by atoms with Crippen molar-refractivity contribution >= 4 is 23.2 Å². The predicted molar refractivity (Wildman–Crippen MR) is 117 cm³/mol. The lowest BCUT2D eigenvalue weighted by Crippen LogP contribution is -2.46. The Labute approximate surface area is 186 Å². The van der Waals surface area contributed by atoms with Crippen LogP contribution in [0.1, 0.15) is 35.1 Å². The molecule has 4 rings (SSSR count). The quantitative estimate of drug-likeness (QED) is 0.727. The Bertz CT molecular complexity index is 1040. The Hall–Kier alpha value is -3.27. The fourth-order valence-corrected chi connectivity index (χ4v) is 4.01. The summed E-state index contributed by atoms with van der Waals surface area (Å²) in [6, 6.07) is 3.64. The van der Waals surface area contributed by atoms with Crippen molar-refractivity contribution in [1.29, 1.82) is 0 Å². The van der Waals surface area contributed by atoms with Crippen LogP contribution in [-0.2, 0) is 11.3 Å². The molecule has 0 saturated carbocycles. The summed E-state index contributed by atoms with van der Waals surface area (Å²) in [6.45, 7) is 7.07. The number of ether oxygens (including phenoxy) is 1. The van der Waals surface area contributed by atoms with Gasteiger partial charge in [-0.1, -0.05) is 6.92 Å². The number of nitrogens with one attached hydrogen (secondary N) is 2. The number of rotatable bonds is 5. The molecular weight excluding hydrogens is 415 g/mol. The van der Waals surface area contributed by atoms with Gasteiger partial charge in [-0.05, 0) is 25.5 Å². The molecule has 9 nitrogen and oxygen atoms in total. The molecule has 0 aliphatic carbocycles. The highest BCUT2D eigenvalue weighted by atomic mass is 19.1. The first kappa shape index (κ1) is 21.9. The van der Waals surface area contributed by atoms with Gasteiger partial charge in [-0.25, -0.2) is 14.4 Å². The van der Waals surface area contributed by atoms with Crippen LogP contribution < -0.4 is 20.3 Å². The summed E-state index contributed by atoms with van der Waals surface area (Å²) in [5, 5.41) is 5.17. The number of piperazine rings is 1. The van der Waals surface area contributed by atoms with E-state index in [4.69, 9.17) is 4.74 Å². The van der Waals surface area contributed by atoms with Crippen LogP contribution in [0.3, 0.4) is 0 Å². The number of carbonyl (C=O) groups is 2. The van der Waals surface area contributed by atoms with Gasteiger partial charge in [0, 0.05) is 51.5 Å². The lowest BCUT2D eigenvalue weighted by molar-refractivity contribution is -0.123. The minimum Gasteiger partial charge on any atom is -0.463 e. The first-order valence-electron chi connectivity index (χ1n) is 10.7. The molecular formula is C22H27FN6O3. The highest BCUT2D eigenvalue weighted by Gasteiger charge is 2.31. The van der Waals surface area contributed by atoms with Crippen LogP contribution in [0.25, 0.3) is 0 Å². The molecule has 2 aliphatic rings. The molecule has 32 heavy (non-hydrogen) atoms. The fourth-order valence-electron chi connectivity index (χ4n) is 4.01. The van der Waals surface area contributed by atoms with E-state index in [9.17, 15) is 9.59 Å². The van der Waals surface area contributed by atoms with E-state index in [1.54, 1.807) is 13.1 Å². The smallest absolute Gasteiger partial charge is 0.269 e. The molecule has 170 valence electrons. The van der Waals surface area contributed by atoms with Crippen LogP contribution in [-0.4, -0.2) is 66.0 Å². The molecule has 1 fully saturated rings. The van der Waals surface area contributed by atoms with E-state index in [1.165, 1.54) is 6.20 Å². The summed E-state index contributed by atoms with van der Waals surface area (Å²) < 4.78 is 20.5. The van der Waals surface area contributed by atoms with Gasteiger partial charge >= 0.3 is 0 Å². The van der Waals surface area contributed by atoms with Crippen molar-refractivity contribution in [1.82, 2.24) is 20.2 Å². The Morgan fingerprint density at radius 1 is 1.31 bits per heavy atom. The Balaban J connectivity index is 1.40. The molecule has 2 aliphatic heterocycles. The van der Waals surface area contributed by atoms with Crippen LogP contribution in [0.2, 0.25) is 0 Å². The number of fused-ring (bicyclic) bond motifs is 1. The summed E-state index contributed by atoms with van der Waals surface area (Å²) in [7, 11) is 1.58. The van der Waals surface area contributed by atoms with Gasteiger partial charge < -0.3 is 20.3 Å². The standard InChI is InChI=1S/C22H27FN6O3/c1-4-17-21(31)27-19-18(23)14(11-25-22(19)32-17)12-28-7-9-29(10-8-28)16-6-5-15(20(30)24-3)26-13(16)2/h5-6,11,17H,4,7-10,12H2,1-3H3,(H,24,30)(H,27,31). The van der Waals surface area contributed by atoms with Crippen LogP contribution in [0, 0.1) is 12.7 Å². The second-order valence-corrected chi connectivity index (χ2v) is 7.92. The number of aromatic nitrogens is 2. The molecule has 2 aromatic heterocycles. The number of amides is 2. The molecule has 0 spiro atoms. The number of halogens is 1. The third-order valence-electron chi connectivity index (χ3n) is 5.84. The van der Waals surface area contributed by atoms with Crippen LogP contribution in [0.15, 0.2) is 18.3 Å². The lowest BCUT2D eigenvalue weighted by Gasteiger charge is -2.36. The summed E-state index contributed by atoms with van der Waals surface area (Å²) in [5.74, 6) is -0.925. The van der Waals surface area contributed by atoms with Crippen LogP contribution in [0.4, 0.5) is 15.8 Å². The number of pyridine rings is 2. The zero-order valence-corrected chi connectivity index (χ0v) is 18.4. The van der Waals surface area contributed by atoms with Gasteiger partial charge in [-0.3, -0.25) is 14.5 Å². The van der Waals surface area contributed by atoms with Crippen molar-refractivity contribution in [2.45, 2.75) is 32.9 Å². The van der Waals surface area contributed by atoms with Gasteiger partial charge in [0.1, 0.15) is 11.4 Å². The molecule has 2 aromatic rings. The minimum absolute atomic E-state index is 0.0220. The van der Waals surface area contributed by atoms with E-state index in [2.05, 4.69) is 30.4 Å². The topological polar surface area (TPSA) is 99.7 Å². The highest BCUT2D eigenvalue weighted by molar-refractivity contribution is 5.97. The van der Waals surface area contributed by atoms with Gasteiger partial charge in [0.2, 0.25) is 5.88 Å². The number of carbonyl (C=O) groups excluding carboxylic acids is 2. The van der Waals surface area contributed by atoms with Crippen molar-refractivity contribution in [3.05, 3.63) is 41.1 Å². The summed E-state index contributed by atoms with van der Waals surface area (Å²) in [6.07, 6.45) is 1.33. The molecule has 0 aromatic carbocycles. The van der Waals surface area contributed by atoms with Crippen LogP contribution >= 0.6 is 0 Å². The number of nitrogens with zero attached hydrogens (tertiary/aromatic N) is 4. The lowest BCUT2D eigenvalue weighted by atomic mass is 10.1. The van der Waals surface area contributed by atoms with Crippen molar-refractivity contribution in [2.75, 3.05) is 43.4 Å². The second kappa shape index (κ2) is 9.07. The first-order valence-corrected chi connectivity index (χ1v) is 10.7. The van der Waals surface area contributed by atoms with Crippen molar-refractivity contribution in [2.24, 2.45) is 0 Å². The Morgan fingerprint density at radius 2 is 2.06 bits per heavy atom. The Kier molecular flexibility index (Phi) is 6.22. The van der Waals surface area contributed by atoms with E-state index in [0.29, 0.717) is 24.2 Å². The van der Waals surface area contributed by atoms with Gasteiger partial charge in [-0.15, -0.1) is 0 Å². The van der Waals surface area contributed by atoms with Gasteiger partial charge in [0.25, 0.3) is 11.8 Å². The molecule has 1 saturated heterocycles. The third kappa shape index (κ3) is 4.22. The predicted octanol–water partition coefficient (Wildman–Crippen LogP) is 1.72. The van der Waals surface area contributed by atoms with E-state index in [0.717, 1.165) is 37.6 Å². The van der Waals surface area contributed by atoms with Crippen LogP contribution in [0.5, 0.6) is 5.88 Å². The van der Waals surface area contributed by atoms with E-state index >= 15 is 4.39 Å². The minimum atomic E-state index is -0.642. The Morgan fingerprint density at radius 3 is 2.72 bits per heavy atom. The van der Waals surface area contributed by atoms with Gasteiger partial charge in [0.05, 0.1) is 11.4 Å². The molecule has 2 N–H and O–H groups in total. The van der Waals surface area contributed by atoms with Crippen molar-refractivity contribution < 1.29 is 18.7 Å². The summed E-state index contributed by atoms with van der Waals surface area (Å²) >= 11 is 0. The molecule has 10 heteroatoms. The van der Waals surface area contributed by atoms with Gasteiger partial charge in [0.15, 0.2) is 11.9 Å². The average Bonchev–Trinajstić information content (AvgIpc) is 2.81. The SMILES string of the molecule is CCC1Oc2ncc(CN3CCN(c4ccc(C(=O)NC)nc4C)CC3)c(F)c2NC1=O. The third-order valence-corrected chi connectivity index (χ3v) is 5.84. The first-order chi connectivity index (χ1) is 15.4. The van der Waals surface area contributed by atoms with E-state index < -0.39 is 11.9 Å². The monoisotopic (exact) mass is 442 g/mol. The zero-order chi connectivity index (χ0) is 22.8. The highest BCUT2D eigenvalue weighted by Crippen LogP contribution is 2.33. The maximum atomic E-state index is 15.0. The molecule has 4 heterocycles.